The first-order valence-corrected chi connectivity index (χ1v) is 8.90. The van der Waals surface area contributed by atoms with Gasteiger partial charge in [0, 0.05) is 30.5 Å². The van der Waals surface area contributed by atoms with E-state index in [1.165, 1.54) is 0 Å². The van der Waals surface area contributed by atoms with E-state index < -0.39 is 0 Å². The zero-order valence-electron chi connectivity index (χ0n) is 13.7. The normalized spacial score (nSPS) is 29.0. The fraction of sp³-hybridized carbons (Fsp3) is 0.611. The van der Waals surface area contributed by atoms with Crippen LogP contribution in [-0.2, 0) is 9.53 Å². The monoisotopic (exact) mass is 319 g/mol. The highest BCUT2D eigenvalue weighted by Crippen LogP contribution is 2.62. The molecule has 2 fully saturated rings. The van der Waals surface area contributed by atoms with Crippen LogP contribution in [0.15, 0.2) is 35.2 Å². The van der Waals surface area contributed by atoms with E-state index in [2.05, 4.69) is 30.9 Å². The predicted octanol–water partition coefficient (Wildman–Crippen LogP) is 3.30. The van der Waals surface area contributed by atoms with Crippen LogP contribution in [-0.4, -0.2) is 43.4 Å². The molecule has 1 amide bonds. The molecule has 0 radical (unpaired) electrons. The highest BCUT2D eigenvalue weighted by Gasteiger charge is 2.63. The summed E-state index contributed by atoms with van der Waals surface area (Å²) in [6.45, 7) is 7.17. The van der Waals surface area contributed by atoms with Gasteiger partial charge >= 0.3 is 0 Å². The number of rotatable bonds is 5. The van der Waals surface area contributed by atoms with E-state index in [1.807, 2.05) is 18.2 Å². The Morgan fingerprint density at radius 1 is 1.36 bits per heavy atom. The summed E-state index contributed by atoms with van der Waals surface area (Å²) >= 11 is 1.63. The van der Waals surface area contributed by atoms with E-state index in [-0.39, 0.29) is 11.3 Å². The van der Waals surface area contributed by atoms with Crippen LogP contribution in [0.3, 0.4) is 0 Å². The van der Waals surface area contributed by atoms with Gasteiger partial charge in [0.05, 0.1) is 12.4 Å². The van der Waals surface area contributed by atoms with E-state index in [0.29, 0.717) is 17.1 Å². The highest BCUT2D eigenvalue weighted by atomic mass is 32.2. The topological polar surface area (TPSA) is 29.5 Å². The van der Waals surface area contributed by atoms with Crippen LogP contribution >= 0.6 is 11.8 Å². The van der Waals surface area contributed by atoms with Crippen molar-refractivity contribution in [2.75, 3.05) is 32.6 Å². The van der Waals surface area contributed by atoms with Crippen molar-refractivity contribution in [3.05, 3.63) is 30.3 Å². The molecule has 1 aliphatic carbocycles. The smallest absolute Gasteiger partial charge is 0.232 e. The Bertz CT molecular complexity index is 545. The number of nitrogens with zero attached hydrogens (tertiary/aromatic N) is 1. The maximum atomic E-state index is 12.6. The number of carbonyl (C=O) groups is 1. The van der Waals surface area contributed by atoms with Crippen molar-refractivity contribution in [1.82, 2.24) is 4.90 Å². The first-order chi connectivity index (χ1) is 10.5. The second-order valence-corrected chi connectivity index (χ2v) is 8.44. The van der Waals surface area contributed by atoms with Crippen molar-refractivity contribution >= 4 is 17.7 Å². The first-order valence-electron chi connectivity index (χ1n) is 7.91. The van der Waals surface area contributed by atoms with Crippen molar-refractivity contribution in [3.8, 4) is 0 Å². The summed E-state index contributed by atoms with van der Waals surface area (Å²) in [6.07, 6.45) is 1.16. The molecule has 0 N–H and O–H groups in total. The van der Waals surface area contributed by atoms with E-state index in [9.17, 15) is 4.79 Å². The van der Waals surface area contributed by atoms with E-state index in [1.54, 1.807) is 18.9 Å². The second kappa shape index (κ2) is 5.89. The van der Waals surface area contributed by atoms with Crippen molar-refractivity contribution in [1.29, 1.82) is 0 Å². The zero-order chi connectivity index (χ0) is 15.8. The standard InChI is InChI=1S/C18H25NO2S/c1-17(2)11-18(13-21-3)12-19(9-15(17)18)16(20)10-22-14-7-5-4-6-8-14/h4-8,15H,9-13H2,1-3H3/t15-,18-/m1/s1. The average molecular weight is 319 g/mol. The zero-order valence-corrected chi connectivity index (χ0v) is 14.5. The molecule has 1 saturated heterocycles. The largest absolute Gasteiger partial charge is 0.384 e. The van der Waals surface area contributed by atoms with Crippen LogP contribution in [0.1, 0.15) is 20.3 Å². The fourth-order valence-electron chi connectivity index (χ4n) is 4.55. The van der Waals surface area contributed by atoms with Crippen LogP contribution in [0, 0.1) is 16.7 Å². The third kappa shape index (κ3) is 2.79. The Balaban J connectivity index is 1.60. The van der Waals surface area contributed by atoms with Gasteiger partial charge in [0.2, 0.25) is 5.91 Å². The Morgan fingerprint density at radius 3 is 2.73 bits per heavy atom. The van der Waals surface area contributed by atoms with E-state index in [0.717, 1.165) is 31.0 Å². The molecule has 120 valence electrons. The van der Waals surface area contributed by atoms with Crippen LogP contribution in [0.2, 0.25) is 0 Å². The Hall–Kier alpha value is -1.00. The Morgan fingerprint density at radius 2 is 2.09 bits per heavy atom. The summed E-state index contributed by atoms with van der Waals surface area (Å²) in [5.41, 5.74) is 0.533. The molecule has 22 heavy (non-hydrogen) atoms. The molecular weight excluding hydrogens is 294 g/mol. The highest BCUT2D eigenvalue weighted by molar-refractivity contribution is 8.00. The van der Waals surface area contributed by atoms with E-state index >= 15 is 0 Å². The van der Waals surface area contributed by atoms with Crippen LogP contribution in [0.25, 0.3) is 0 Å². The predicted molar refractivity (Wildman–Crippen MR) is 89.9 cm³/mol. The summed E-state index contributed by atoms with van der Waals surface area (Å²) < 4.78 is 5.46. The molecule has 1 saturated carbocycles. The number of ether oxygens (including phenoxy) is 1. The van der Waals surface area contributed by atoms with Gasteiger partial charge in [-0.2, -0.15) is 0 Å². The van der Waals surface area contributed by atoms with Crippen LogP contribution in [0.5, 0.6) is 0 Å². The number of methoxy groups -OCH3 is 1. The SMILES string of the molecule is COC[C@@]12CN(C(=O)CSc3ccccc3)C[C@@H]1C(C)(C)C2. The third-order valence-corrected chi connectivity index (χ3v) is 6.29. The number of hydrogen-bond acceptors (Lipinski definition) is 3. The summed E-state index contributed by atoms with van der Waals surface area (Å²) in [7, 11) is 1.77. The number of fused-ring (bicyclic) bond motifs is 1. The number of benzene rings is 1. The molecule has 1 aromatic rings. The Labute approximate surface area is 137 Å². The molecular formula is C18H25NO2S. The molecule has 0 unspecified atom stereocenters. The van der Waals surface area contributed by atoms with Crippen molar-refractivity contribution in [3.63, 3.8) is 0 Å². The molecule has 0 aromatic heterocycles. The lowest BCUT2D eigenvalue weighted by Crippen LogP contribution is -2.55. The molecule has 1 heterocycles. The van der Waals surface area contributed by atoms with Gasteiger partial charge in [0.15, 0.2) is 0 Å². The second-order valence-electron chi connectivity index (χ2n) is 7.39. The maximum absolute atomic E-state index is 12.6. The lowest BCUT2D eigenvalue weighted by atomic mass is 9.48. The van der Waals surface area contributed by atoms with Crippen LogP contribution in [0.4, 0.5) is 0 Å². The summed E-state index contributed by atoms with van der Waals surface area (Å²) in [5.74, 6) is 1.36. The van der Waals surface area contributed by atoms with Gasteiger partial charge in [0.25, 0.3) is 0 Å². The summed E-state index contributed by atoms with van der Waals surface area (Å²) in [5, 5.41) is 0. The number of carbonyl (C=O) groups excluding carboxylic acids is 1. The molecule has 0 spiro atoms. The fourth-order valence-corrected chi connectivity index (χ4v) is 5.37. The molecule has 0 bridgehead atoms. The minimum Gasteiger partial charge on any atom is -0.384 e. The molecule has 2 atom stereocenters. The quantitative estimate of drug-likeness (QED) is 0.780. The summed E-state index contributed by atoms with van der Waals surface area (Å²) in [6, 6.07) is 10.1. The lowest BCUT2D eigenvalue weighted by molar-refractivity contribution is -0.128. The van der Waals surface area contributed by atoms with E-state index in [4.69, 9.17) is 4.74 Å². The number of thioether (sulfide) groups is 1. The van der Waals surface area contributed by atoms with Gasteiger partial charge in [0.1, 0.15) is 0 Å². The van der Waals surface area contributed by atoms with Crippen LogP contribution < -0.4 is 0 Å². The first kappa shape index (κ1) is 15.9. The molecule has 4 heteroatoms. The number of likely N-dealkylation sites (tertiary alicyclic amines) is 1. The van der Waals surface area contributed by atoms with Gasteiger partial charge in [-0.3, -0.25) is 4.79 Å². The summed E-state index contributed by atoms with van der Waals surface area (Å²) in [4.78, 5) is 15.8. The number of hydrogen-bond donors (Lipinski definition) is 0. The third-order valence-electron chi connectivity index (χ3n) is 5.29. The Kier molecular flexibility index (Phi) is 4.25. The van der Waals surface area contributed by atoms with Crippen molar-refractivity contribution < 1.29 is 9.53 Å². The average Bonchev–Trinajstić information content (AvgIpc) is 2.81. The minimum absolute atomic E-state index is 0.200. The molecule has 3 nitrogen and oxygen atoms in total. The van der Waals surface area contributed by atoms with Crippen molar-refractivity contribution in [2.24, 2.45) is 16.7 Å². The molecule has 2 aliphatic rings. The van der Waals surface area contributed by atoms with Gasteiger partial charge in [-0.05, 0) is 29.9 Å². The van der Waals surface area contributed by atoms with Gasteiger partial charge < -0.3 is 9.64 Å². The van der Waals surface area contributed by atoms with Gasteiger partial charge in [-0.1, -0.05) is 32.0 Å². The molecule has 1 aromatic carbocycles. The maximum Gasteiger partial charge on any atom is 0.232 e. The molecule has 1 aliphatic heterocycles. The molecule has 3 rings (SSSR count). The lowest BCUT2D eigenvalue weighted by Gasteiger charge is -2.56. The van der Waals surface area contributed by atoms with Gasteiger partial charge in [-0.15, -0.1) is 11.8 Å². The minimum atomic E-state index is 0.200. The number of amides is 1. The van der Waals surface area contributed by atoms with Gasteiger partial charge in [-0.25, -0.2) is 0 Å². The van der Waals surface area contributed by atoms with Crippen molar-refractivity contribution in [2.45, 2.75) is 25.2 Å².